The van der Waals surface area contributed by atoms with Crippen LogP contribution in [0.1, 0.15) is 52.8 Å². The topological polar surface area (TPSA) is 64.4 Å². The summed E-state index contributed by atoms with van der Waals surface area (Å²) in [5, 5.41) is 4.50. The molecule has 1 aliphatic rings. The predicted octanol–water partition coefficient (Wildman–Crippen LogP) is 2.83. The van der Waals surface area contributed by atoms with Crippen LogP contribution in [0.15, 0.2) is 12.3 Å². The summed E-state index contributed by atoms with van der Waals surface area (Å²) in [6, 6.07) is 2.24. The molecule has 0 aromatic carbocycles. The summed E-state index contributed by atoms with van der Waals surface area (Å²) in [7, 11) is 0. The third kappa shape index (κ3) is 4.81. The molecule has 128 valence electrons. The Balaban J connectivity index is 2.00. The van der Waals surface area contributed by atoms with Crippen LogP contribution in [0.3, 0.4) is 0 Å². The zero-order valence-corrected chi connectivity index (χ0v) is 14.7. The van der Waals surface area contributed by atoms with E-state index in [-0.39, 0.29) is 17.8 Å². The Morgan fingerprint density at radius 3 is 2.70 bits per heavy atom. The van der Waals surface area contributed by atoms with E-state index in [4.69, 9.17) is 4.74 Å². The minimum atomic E-state index is -0.524. The first kappa shape index (κ1) is 17.5. The number of piperidine rings is 1. The number of nitrogens with zero attached hydrogens (tertiary/aromatic N) is 3. The van der Waals surface area contributed by atoms with Crippen molar-refractivity contribution < 1.29 is 14.3 Å². The van der Waals surface area contributed by atoms with Crippen LogP contribution in [0.25, 0.3) is 0 Å². The highest BCUT2D eigenvalue weighted by atomic mass is 16.6. The van der Waals surface area contributed by atoms with E-state index in [0.29, 0.717) is 32.0 Å². The molecule has 1 aromatic rings. The van der Waals surface area contributed by atoms with Gasteiger partial charge in [-0.3, -0.25) is 9.48 Å². The minimum Gasteiger partial charge on any atom is -0.444 e. The lowest BCUT2D eigenvalue weighted by Gasteiger charge is -2.33. The van der Waals surface area contributed by atoms with Gasteiger partial charge in [0.05, 0.1) is 5.69 Å². The Morgan fingerprint density at radius 1 is 1.43 bits per heavy atom. The first-order valence-electron chi connectivity index (χ1n) is 8.20. The molecule has 0 N–H and O–H groups in total. The van der Waals surface area contributed by atoms with Gasteiger partial charge in [-0.2, -0.15) is 5.10 Å². The summed E-state index contributed by atoms with van der Waals surface area (Å²) in [6.45, 7) is 10.5. The van der Waals surface area contributed by atoms with Gasteiger partial charge in [0.1, 0.15) is 11.4 Å². The van der Waals surface area contributed by atoms with Crippen molar-refractivity contribution in [3.8, 4) is 0 Å². The van der Waals surface area contributed by atoms with Crippen molar-refractivity contribution >= 4 is 11.9 Å². The Labute approximate surface area is 137 Å². The van der Waals surface area contributed by atoms with E-state index in [9.17, 15) is 9.59 Å². The molecule has 6 heteroatoms. The Bertz CT molecular complexity index is 572. The van der Waals surface area contributed by atoms with Crippen molar-refractivity contribution in [2.45, 2.75) is 59.1 Å². The third-order valence-corrected chi connectivity index (χ3v) is 3.82. The highest BCUT2D eigenvalue weighted by Crippen LogP contribution is 2.20. The predicted molar refractivity (Wildman–Crippen MR) is 87.2 cm³/mol. The SMILES string of the molecule is CC(C)n1ccc(CC2CN(C(=O)OC(C)(C)C)CCC2=O)n1. The van der Waals surface area contributed by atoms with Gasteiger partial charge in [0.2, 0.25) is 0 Å². The molecule has 2 rings (SSSR count). The zero-order valence-electron chi connectivity index (χ0n) is 14.7. The van der Waals surface area contributed by atoms with Gasteiger partial charge in [0.15, 0.2) is 0 Å². The molecular formula is C17H27N3O3. The molecular weight excluding hydrogens is 294 g/mol. The summed E-state index contributed by atoms with van der Waals surface area (Å²) >= 11 is 0. The average molecular weight is 321 g/mol. The van der Waals surface area contributed by atoms with Gasteiger partial charge in [0, 0.05) is 44.1 Å². The standard InChI is InChI=1S/C17H27N3O3/c1-12(2)20-9-6-14(18-20)10-13-11-19(8-7-15(13)21)16(22)23-17(3,4)5/h6,9,12-13H,7-8,10-11H2,1-5H3. The van der Waals surface area contributed by atoms with Crippen molar-refractivity contribution in [1.29, 1.82) is 0 Å². The van der Waals surface area contributed by atoms with Crippen LogP contribution in [-0.2, 0) is 16.0 Å². The van der Waals surface area contributed by atoms with Crippen LogP contribution >= 0.6 is 0 Å². The third-order valence-electron chi connectivity index (χ3n) is 3.82. The van der Waals surface area contributed by atoms with Crippen LogP contribution in [-0.4, -0.2) is 45.2 Å². The van der Waals surface area contributed by atoms with Gasteiger partial charge in [-0.15, -0.1) is 0 Å². The summed E-state index contributed by atoms with van der Waals surface area (Å²) in [5.74, 6) is -0.00399. The number of amides is 1. The Kier molecular flexibility index (Phi) is 5.12. The van der Waals surface area contributed by atoms with Gasteiger partial charge in [-0.05, 0) is 40.7 Å². The second kappa shape index (κ2) is 6.72. The number of Topliss-reactive ketones (excluding diaryl/α,β-unsaturated/α-hetero) is 1. The zero-order chi connectivity index (χ0) is 17.2. The van der Waals surface area contributed by atoms with Gasteiger partial charge < -0.3 is 9.64 Å². The summed E-state index contributed by atoms with van der Waals surface area (Å²) in [6.07, 6.45) is 2.54. The number of aromatic nitrogens is 2. The van der Waals surface area contributed by atoms with Crippen LogP contribution in [0, 0.1) is 5.92 Å². The Morgan fingerprint density at radius 2 is 2.13 bits per heavy atom. The molecule has 0 bridgehead atoms. The van der Waals surface area contributed by atoms with Crippen molar-refractivity contribution in [3.63, 3.8) is 0 Å². The van der Waals surface area contributed by atoms with Crippen LogP contribution in [0.4, 0.5) is 4.79 Å². The molecule has 2 heterocycles. The maximum atomic E-state index is 12.2. The van der Waals surface area contributed by atoms with Gasteiger partial charge in [0.25, 0.3) is 0 Å². The quantitative estimate of drug-likeness (QED) is 0.858. The number of likely N-dealkylation sites (tertiary alicyclic amines) is 1. The molecule has 6 nitrogen and oxygen atoms in total. The van der Waals surface area contributed by atoms with E-state index in [1.54, 1.807) is 4.90 Å². The molecule has 1 amide bonds. The second-order valence-corrected chi connectivity index (χ2v) is 7.42. The number of ketones is 1. The first-order chi connectivity index (χ1) is 10.7. The minimum absolute atomic E-state index is 0.198. The maximum Gasteiger partial charge on any atom is 0.410 e. The number of ether oxygens (including phenoxy) is 1. The average Bonchev–Trinajstić information content (AvgIpc) is 2.88. The van der Waals surface area contributed by atoms with Crippen molar-refractivity contribution in [3.05, 3.63) is 18.0 Å². The van der Waals surface area contributed by atoms with Crippen LogP contribution < -0.4 is 0 Å². The molecule has 1 unspecified atom stereocenters. The number of carbonyl (C=O) groups is 2. The number of carbonyl (C=O) groups excluding carboxylic acids is 2. The lowest BCUT2D eigenvalue weighted by molar-refractivity contribution is -0.125. The molecule has 23 heavy (non-hydrogen) atoms. The molecule has 1 aliphatic heterocycles. The Hall–Kier alpha value is -1.85. The first-order valence-corrected chi connectivity index (χ1v) is 8.20. The van der Waals surface area contributed by atoms with Crippen molar-refractivity contribution in [2.75, 3.05) is 13.1 Å². The normalized spacial score (nSPS) is 19.3. The largest absolute Gasteiger partial charge is 0.444 e. The summed E-state index contributed by atoms with van der Waals surface area (Å²) in [5.41, 5.74) is 0.368. The molecule has 0 aliphatic carbocycles. The van der Waals surface area contributed by atoms with Gasteiger partial charge in [-0.25, -0.2) is 4.79 Å². The van der Waals surface area contributed by atoms with E-state index in [1.807, 2.05) is 37.7 Å². The molecule has 0 saturated carbocycles. The smallest absolute Gasteiger partial charge is 0.410 e. The lowest BCUT2D eigenvalue weighted by Crippen LogP contribution is -2.46. The molecule has 1 aromatic heterocycles. The highest BCUT2D eigenvalue weighted by Gasteiger charge is 2.32. The van der Waals surface area contributed by atoms with Gasteiger partial charge >= 0.3 is 6.09 Å². The van der Waals surface area contributed by atoms with Crippen LogP contribution in [0.5, 0.6) is 0 Å². The van der Waals surface area contributed by atoms with Crippen molar-refractivity contribution in [1.82, 2.24) is 14.7 Å². The molecule has 1 atom stereocenters. The lowest BCUT2D eigenvalue weighted by atomic mass is 9.92. The molecule has 0 spiro atoms. The fourth-order valence-electron chi connectivity index (χ4n) is 2.61. The summed E-state index contributed by atoms with van der Waals surface area (Å²) in [4.78, 5) is 26.0. The van der Waals surface area contributed by atoms with Crippen molar-refractivity contribution in [2.24, 2.45) is 5.92 Å². The number of hydrogen-bond donors (Lipinski definition) is 0. The van der Waals surface area contributed by atoms with Crippen LogP contribution in [0.2, 0.25) is 0 Å². The fourth-order valence-corrected chi connectivity index (χ4v) is 2.61. The summed E-state index contributed by atoms with van der Waals surface area (Å²) < 4.78 is 7.29. The molecule has 0 radical (unpaired) electrons. The number of rotatable bonds is 3. The van der Waals surface area contributed by atoms with E-state index in [1.165, 1.54) is 0 Å². The monoisotopic (exact) mass is 321 g/mol. The maximum absolute atomic E-state index is 12.2. The number of hydrogen-bond acceptors (Lipinski definition) is 4. The van der Waals surface area contributed by atoms with E-state index >= 15 is 0 Å². The fraction of sp³-hybridized carbons (Fsp3) is 0.706. The molecule has 1 fully saturated rings. The van der Waals surface area contributed by atoms with E-state index in [0.717, 1.165) is 5.69 Å². The molecule has 1 saturated heterocycles. The highest BCUT2D eigenvalue weighted by molar-refractivity contribution is 5.84. The van der Waals surface area contributed by atoms with E-state index in [2.05, 4.69) is 18.9 Å². The van der Waals surface area contributed by atoms with E-state index < -0.39 is 5.60 Å². The second-order valence-electron chi connectivity index (χ2n) is 7.42. The van der Waals surface area contributed by atoms with Gasteiger partial charge in [-0.1, -0.05) is 0 Å².